The van der Waals surface area contributed by atoms with Crippen molar-refractivity contribution >= 4 is 33.9 Å². The van der Waals surface area contributed by atoms with E-state index in [-0.39, 0.29) is 4.90 Å². The van der Waals surface area contributed by atoms with E-state index >= 15 is 0 Å². The van der Waals surface area contributed by atoms with E-state index in [0.717, 1.165) is 7.05 Å². The van der Waals surface area contributed by atoms with Crippen LogP contribution in [0, 0.1) is 0 Å². The normalized spacial score (nSPS) is 14.0. The van der Waals surface area contributed by atoms with Crippen LogP contribution in [0.3, 0.4) is 0 Å². The maximum absolute atomic E-state index is 11.6. The number of nitrogens with zero attached hydrogens (tertiary/aromatic N) is 1. The molecular formula is C9H9NO10S-4. The van der Waals surface area contributed by atoms with Gasteiger partial charge in [-0.2, -0.15) is 0 Å². The Morgan fingerprint density at radius 2 is 1.48 bits per heavy atom. The standard InChI is InChI=1S/C9H13NO10S/c1-10(4(8(14)15)2-7(12)13)6(11)3-5(9(16)17)21(18,19)20/h4-5H,2-3H2,1H3,(H,12,13)(H,14,15)(H,16,17)(H,18,19,20)/p-4. The second-order valence-electron chi connectivity index (χ2n) is 3.92. The molecule has 0 aromatic carbocycles. The number of carboxylic acid groups (broad SMARTS) is 3. The smallest absolute Gasteiger partial charge is 0.224 e. The Balaban J connectivity index is 5.18. The lowest BCUT2D eigenvalue weighted by Gasteiger charge is -2.31. The van der Waals surface area contributed by atoms with Crippen LogP contribution in [0.2, 0.25) is 0 Å². The van der Waals surface area contributed by atoms with Gasteiger partial charge in [0, 0.05) is 25.9 Å². The fourth-order valence-electron chi connectivity index (χ4n) is 1.32. The Bertz CT molecular complexity index is 553. The van der Waals surface area contributed by atoms with E-state index in [2.05, 4.69) is 0 Å². The maximum Gasteiger partial charge on any atom is 0.224 e. The van der Waals surface area contributed by atoms with Crippen LogP contribution in [0.25, 0.3) is 0 Å². The molecule has 0 spiro atoms. The summed E-state index contributed by atoms with van der Waals surface area (Å²) in [6.07, 6.45) is -2.56. The van der Waals surface area contributed by atoms with Crippen molar-refractivity contribution in [2.24, 2.45) is 0 Å². The van der Waals surface area contributed by atoms with Crippen molar-refractivity contribution in [2.75, 3.05) is 7.05 Å². The highest BCUT2D eigenvalue weighted by molar-refractivity contribution is 7.87. The van der Waals surface area contributed by atoms with Crippen LogP contribution in [0.4, 0.5) is 0 Å². The van der Waals surface area contributed by atoms with Crippen molar-refractivity contribution in [1.29, 1.82) is 0 Å². The number of amides is 1. The summed E-state index contributed by atoms with van der Waals surface area (Å²) in [6.45, 7) is 0. The SMILES string of the molecule is CN(C(=O)CC(C(=O)[O-])S(=O)(=O)[O-])C(CC(=O)[O-])C(=O)[O-]. The fourth-order valence-corrected chi connectivity index (χ4v) is 1.90. The van der Waals surface area contributed by atoms with Crippen LogP contribution >= 0.6 is 0 Å². The van der Waals surface area contributed by atoms with E-state index < -0.39 is 58.1 Å². The number of hydrogen-bond acceptors (Lipinski definition) is 10. The molecule has 0 aromatic heterocycles. The van der Waals surface area contributed by atoms with Gasteiger partial charge in [-0.1, -0.05) is 0 Å². The Morgan fingerprint density at radius 1 is 1.00 bits per heavy atom. The minimum absolute atomic E-state index is 0.242. The fraction of sp³-hybridized carbons (Fsp3) is 0.556. The predicted octanol–water partition coefficient (Wildman–Crippen LogP) is -6.24. The van der Waals surface area contributed by atoms with E-state index in [4.69, 9.17) is 0 Å². The molecular weight excluding hydrogens is 314 g/mol. The molecule has 0 heterocycles. The summed E-state index contributed by atoms with van der Waals surface area (Å²) in [4.78, 5) is 43.3. The third kappa shape index (κ3) is 5.74. The summed E-state index contributed by atoms with van der Waals surface area (Å²) in [5, 5.41) is 28.8. The Morgan fingerprint density at radius 3 is 1.76 bits per heavy atom. The highest BCUT2D eigenvalue weighted by Gasteiger charge is 2.27. The first-order valence-electron chi connectivity index (χ1n) is 5.19. The van der Waals surface area contributed by atoms with Crippen LogP contribution in [0.5, 0.6) is 0 Å². The number of carboxylic acids is 3. The van der Waals surface area contributed by atoms with Crippen molar-refractivity contribution in [2.45, 2.75) is 24.1 Å². The Kier molecular flexibility index (Phi) is 6.25. The third-order valence-electron chi connectivity index (χ3n) is 2.46. The summed E-state index contributed by atoms with van der Waals surface area (Å²) in [6, 6.07) is -2.01. The van der Waals surface area contributed by atoms with Crippen LogP contribution in [-0.4, -0.2) is 60.0 Å². The zero-order chi connectivity index (χ0) is 17.0. The first-order valence-corrected chi connectivity index (χ1v) is 6.67. The molecule has 0 aliphatic rings. The second-order valence-corrected chi connectivity index (χ2v) is 5.47. The van der Waals surface area contributed by atoms with E-state index in [1.54, 1.807) is 0 Å². The molecule has 0 aromatic rings. The van der Waals surface area contributed by atoms with E-state index in [9.17, 15) is 47.5 Å². The topological polar surface area (TPSA) is 198 Å². The van der Waals surface area contributed by atoms with Crippen LogP contribution in [0.1, 0.15) is 12.8 Å². The summed E-state index contributed by atoms with van der Waals surface area (Å²) in [5.74, 6) is -7.56. The molecule has 1 amide bonds. The van der Waals surface area contributed by atoms with Gasteiger partial charge in [0.05, 0.1) is 23.2 Å². The number of carbonyl (C=O) groups excluding carboxylic acids is 4. The van der Waals surface area contributed by atoms with Crippen molar-refractivity contribution < 1.29 is 47.5 Å². The molecule has 21 heavy (non-hydrogen) atoms. The molecule has 0 fully saturated rings. The number of aliphatic carboxylic acids is 3. The van der Waals surface area contributed by atoms with E-state index in [0.29, 0.717) is 0 Å². The Hall–Kier alpha value is -2.21. The quantitative estimate of drug-likeness (QED) is 0.387. The molecule has 0 bridgehead atoms. The molecule has 0 saturated carbocycles. The summed E-state index contributed by atoms with van der Waals surface area (Å²) in [5.41, 5.74) is 0. The molecule has 0 saturated heterocycles. The highest BCUT2D eigenvalue weighted by Crippen LogP contribution is 2.09. The second kappa shape index (κ2) is 6.99. The molecule has 0 radical (unpaired) electrons. The van der Waals surface area contributed by atoms with Crippen molar-refractivity contribution in [3.05, 3.63) is 0 Å². The van der Waals surface area contributed by atoms with Gasteiger partial charge in [-0.15, -0.1) is 0 Å². The molecule has 2 atom stereocenters. The average Bonchev–Trinajstić information content (AvgIpc) is 2.29. The van der Waals surface area contributed by atoms with Gasteiger partial charge < -0.3 is 39.2 Å². The van der Waals surface area contributed by atoms with Gasteiger partial charge in [0.25, 0.3) is 0 Å². The van der Waals surface area contributed by atoms with Crippen molar-refractivity contribution in [3.63, 3.8) is 0 Å². The molecule has 0 aliphatic heterocycles. The van der Waals surface area contributed by atoms with Gasteiger partial charge in [-0.3, -0.25) is 4.79 Å². The van der Waals surface area contributed by atoms with Crippen LogP contribution < -0.4 is 15.3 Å². The first kappa shape index (κ1) is 18.8. The minimum Gasteiger partial charge on any atom is -0.747 e. The third-order valence-corrected chi connectivity index (χ3v) is 3.52. The zero-order valence-corrected chi connectivity index (χ0v) is 11.3. The molecule has 12 heteroatoms. The number of rotatable bonds is 8. The largest absolute Gasteiger partial charge is 0.747 e. The Labute approximate surface area is 118 Å². The van der Waals surface area contributed by atoms with Crippen LogP contribution in [0.15, 0.2) is 0 Å². The monoisotopic (exact) mass is 323 g/mol. The van der Waals surface area contributed by atoms with Gasteiger partial charge in [0.15, 0.2) is 0 Å². The first-order chi connectivity index (χ1) is 9.37. The summed E-state index contributed by atoms with van der Waals surface area (Å²) >= 11 is 0. The number of likely N-dealkylation sites (N-methyl/N-ethyl adjacent to an activating group) is 1. The summed E-state index contributed by atoms with van der Waals surface area (Å²) in [7, 11) is -4.64. The lowest BCUT2D eigenvalue weighted by molar-refractivity contribution is -0.320. The lowest BCUT2D eigenvalue weighted by Crippen LogP contribution is -2.53. The molecule has 2 unspecified atom stereocenters. The minimum atomic E-state index is -5.41. The van der Waals surface area contributed by atoms with E-state index in [1.807, 2.05) is 0 Å². The van der Waals surface area contributed by atoms with Gasteiger partial charge in [0.2, 0.25) is 5.91 Å². The van der Waals surface area contributed by atoms with Gasteiger partial charge in [0.1, 0.15) is 10.1 Å². The molecule has 120 valence electrons. The highest BCUT2D eigenvalue weighted by atomic mass is 32.2. The lowest BCUT2D eigenvalue weighted by atomic mass is 10.1. The molecule has 0 rings (SSSR count). The maximum atomic E-state index is 11.6. The van der Waals surface area contributed by atoms with Crippen molar-refractivity contribution in [3.8, 4) is 0 Å². The molecule has 0 aliphatic carbocycles. The molecule has 11 nitrogen and oxygen atoms in total. The van der Waals surface area contributed by atoms with Gasteiger partial charge in [-0.05, 0) is 0 Å². The van der Waals surface area contributed by atoms with Crippen LogP contribution in [-0.2, 0) is 29.3 Å². The van der Waals surface area contributed by atoms with Crippen molar-refractivity contribution in [1.82, 2.24) is 4.90 Å². The average molecular weight is 323 g/mol. The predicted molar refractivity (Wildman–Crippen MR) is 54.3 cm³/mol. The van der Waals surface area contributed by atoms with E-state index in [1.165, 1.54) is 0 Å². The number of hydrogen-bond donors (Lipinski definition) is 0. The zero-order valence-electron chi connectivity index (χ0n) is 10.5. The van der Waals surface area contributed by atoms with Gasteiger partial charge >= 0.3 is 0 Å². The summed E-state index contributed by atoms with van der Waals surface area (Å²) < 4.78 is 31.9. The van der Waals surface area contributed by atoms with Gasteiger partial charge in [-0.25, -0.2) is 8.42 Å². The molecule has 0 N–H and O–H groups in total. The number of carbonyl (C=O) groups is 4.